The molecule has 104 valence electrons. The van der Waals surface area contributed by atoms with E-state index in [-0.39, 0.29) is 11.4 Å². The summed E-state index contributed by atoms with van der Waals surface area (Å²) in [7, 11) is 1.60. The lowest BCUT2D eigenvalue weighted by molar-refractivity contribution is 0.0881. The molecule has 1 aromatic rings. The van der Waals surface area contributed by atoms with Crippen LogP contribution in [0.2, 0.25) is 0 Å². The summed E-state index contributed by atoms with van der Waals surface area (Å²) in [6, 6.07) is 5.45. The van der Waals surface area contributed by atoms with Crippen LogP contribution < -0.4 is 10.1 Å². The molecule has 0 unspecified atom stereocenters. The van der Waals surface area contributed by atoms with Crippen molar-refractivity contribution in [1.82, 2.24) is 5.32 Å². The zero-order valence-corrected chi connectivity index (χ0v) is 13.0. The second-order valence-electron chi connectivity index (χ2n) is 5.42. The van der Waals surface area contributed by atoms with Crippen molar-refractivity contribution in [2.45, 2.75) is 44.6 Å². The zero-order valence-electron chi connectivity index (χ0n) is 11.5. The average molecular weight is 326 g/mol. The molecule has 0 bridgehead atoms. The van der Waals surface area contributed by atoms with Gasteiger partial charge in [0, 0.05) is 10.0 Å². The standard InChI is InChI=1S/C15H20BrNO2/c1-15(8-4-3-5-9-15)17-14(18)12-10-11(19-2)6-7-13(12)16/h6-7,10H,3-5,8-9H2,1-2H3,(H,17,18). The molecule has 0 radical (unpaired) electrons. The minimum Gasteiger partial charge on any atom is -0.497 e. The highest BCUT2D eigenvalue weighted by molar-refractivity contribution is 9.10. The SMILES string of the molecule is COc1ccc(Br)c(C(=O)NC2(C)CCCCC2)c1. The predicted octanol–water partition coefficient (Wildman–Crippen LogP) is 3.91. The number of hydrogen-bond acceptors (Lipinski definition) is 2. The van der Waals surface area contributed by atoms with Gasteiger partial charge in [0.05, 0.1) is 12.7 Å². The lowest BCUT2D eigenvalue weighted by atomic mass is 9.83. The zero-order chi connectivity index (χ0) is 13.9. The molecule has 0 aromatic heterocycles. The molecular weight excluding hydrogens is 306 g/mol. The van der Waals surface area contributed by atoms with Crippen LogP contribution in [0.15, 0.2) is 22.7 Å². The number of amides is 1. The molecule has 1 fully saturated rings. The normalized spacial score (nSPS) is 17.8. The van der Waals surface area contributed by atoms with Crippen molar-refractivity contribution in [2.75, 3.05) is 7.11 Å². The van der Waals surface area contributed by atoms with E-state index in [0.29, 0.717) is 11.3 Å². The van der Waals surface area contributed by atoms with Crippen molar-refractivity contribution in [2.24, 2.45) is 0 Å². The highest BCUT2D eigenvalue weighted by Crippen LogP contribution is 2.29. The van der Waals surface area contributed by atoms with Crippen LogP contribution in [0.3, 0.4) is 0 Å². The second kappa shape index (κ2) is 5.95. The number of rotatable bonds is 3. The molecule has 0 saturated heterocycles. The summed E-state index contributed by atoms with van der Waals surface area (Å²) in [5.74, 6) is 0.664. The first-order valence-corrected chi connectivity index (χ1v) is 7.49. The van der Waals surface area contributed by atoms with Gasteiger partial charge in [0.15, 0.2) is 0 Å². The molecule has 4 heteroatoms. The Labute approximate surface area is 122 Å². The molecule has 1 aliphatic carbocycles. The molecular formula is C15H20BrNO2. The van der Waals surface area contributed by atoms with Gasteiger partial charge in [-0.1, -0.05) is 19.3 Å². The van der Waals surface area contributed by atoms with Crippen LogP contribution in [0.4, 0.5) is 0 Å². The van der Waals surface area contributed by atoms with Crippen LogP contribution in [0.1, 0.15) is 49.4 Å². The van der Waals surface area contributed by atoms with Crippen LogP contribution in [0.25, 0.3) is 0 Å². The first-order valence-electron chi connectivity index (χ1n) is 6.70. The Morgan fingerprint density at radius 2 is 2.00 bits per heavy atom. The molecule has 1 aromatic carbocycles. The van der Waals surface area contributed by atoms with Crippen LogP contribution in [-0.2, 0) is 0 Å². The van der Waals surface area contributed by atoms with Crippen LogP contribution >= 0.6 is 15.9 Å². The lowest BCUT2D eigenvalue weighted by Gasteiger charge is -2.34. The van der Waals surface area contributed by atoms with Crippen molar-refractivity contribution < 1.29 is 9.53 Å². The largest absolute Gasteiger partial charge is 0.497 e. The molecule has 0 heterocycles. The van der Waals surface area contributed by atoms with Crippen molar-refractivity contribution in [3.05, 3.63) is 28.2 Å². The summed E-state index contributed by atoms with van der Waals surface area (Å²) in [4.78, 5) is 12.4. The fourth-order valence-electron chi connectivity index (χ4n) is 2.60. The maximum Gasteiger partial charge on any atom is 0.252 e. The van der Waals surface area contributed by atoms with Gasteiger partial charge in [-0.05, 0) is 53.9 Å². The van der Waals surface area contributed by atoms with E-state index in [1.807, 2.05) is 12.1 Å². The fraction of sp³-hybridized carbons (Fsp3) is 0.533. The quantitative estimate of drug-likeness (QED) is 0.914. The van der Waals surface area contributed by atoms with Gasteiger partial charge in [-0.2, -0.15) is 0 Å². The Kier molecular flexibility index (Phi) is 4.50. The topological polar surface area (TPSA) is 38.3 Å². The second-order valence-corrected chi connectivity index (χ2v) is 6.28. The van der Waals surface area contributed by atoms with E-state index in [1.165, 1.54) is 19.3 Å². The van der Waals surface area contributed by atoms with Crippen LogP contribution in [0.5, 0.6) is 5.75 Å². The third kappa shape index (κ3) is 3.50. The van der Waals surface area contributed by atoms with Gasteiger partial charge in [-0.25, -0.2) is 0 Å². The Morgan fingerprint density at radius 1 is 1.32 bits per heavy atom. The number of hydrogen-bond donors (Lipinski definition) is 1. The molecule has 2 rings (SSSR count). The molecule has 3 nitrogen and oxygen atoms in total. The molecule has 0 spiro atoms. The number of carbonyl (C=O) groups excluding carboxylic acids is 1. The van der Waals surface area contributed by atoms with E-state index in [9.17, 15) is 4.79 Å². The smallest absolute Gasteiger partial charge is 0.252 e. The number of ether oxygens (including phenoxy) is 1. The van der Waals surface area contributed by atoms with Gasteiger partial charge in [0.1, 0.15) is 5.75 Å². The van der Waals surface area contributed by atoms with Gasteiger partial charge in [-0.15, -0.1) is 0 Å². The molecule has 1 amide bonds. The molecule has 19 heavy (non-hydrogen) atoms. The van der Waals surface area contributed by atoms with E-state index < -0.39 is 0 Å². The van der Waals surface area contributed by atoms with E-state index in [4.69, 9.17) is 4.74 Å². The van der Waals surface area contributed by atoms with Crippen molar-refractivity contribution in [3.8, 4) is 5.75 Å². The van der Waals surface area contributed by atoms with Gasteiger partial charge < -0.3 is 10.1 Å². The summed E-state index contributed by atoms with van der Waals surface area (Å²) >= 11 is 3.43. The maximum atomic E-state index is 12.4. The number of halogens is 1. The van der Waals surface area contributed by atoms with Gasteiger partial charge in [-0.3, -0.25) is 4.79 Å². The number of benzene rings is 1. The number of carbonyl (C=O) groups is 1. The summed E-state index contributed by atoms with van der Waals surface area (Å²) in [6.45, 7) is 2.14. The third-order valence-corrected chi connectivity index (χ3v) is 4.48. The van der Waals surface area contributed by atoms with E-state index in [0.717, 1.165) is 17.3 Å². The molecule has 1 aliphatic rings. The molecule has 1 saturated carbocycles. The van der Waals surface area contributed by atoms with Gasteiger partial charge in [0.25, 0.3) is 5.91 Å². The predicted molar refractivity (Wildman–Crippen MR) is 79.7 cm³/mol. The van der Waals surface area contributed by atoms with Gasteiger partial charge in [0.2, 0.25) is 0 Å². The highest BCUT2D eigenvalue weighted by Gasteiger charge is 2.29. The third-order valence-electron chi connectivity index (χ3n) is 3.79. The first kappa shape index (κ1) is 14.4. The highest BCUT2D eigenvalue weighted by atomic mass is 79.9. The first-order chi connectivity index (χ1) is 9.04. The Hall–Kier alpha value is -1.03. The lowest BCUT2D eigenvalue weighted by Crippen LogP contribution is -2.47. The van der Waals surface area contributed by atoms with Crippen LogP contribution in [0, 0.1) is 0 Å². The van der Waals surface area contributed by atoms with E-state index in [1.54, 1.807) is 13.2 Å². The Bertz CT molecular complexity index is 467. The Morgan fingerprint density at radius 3 is 2.63 bits per heavy atom. The summed E-state index contributed by atoms with van der Waals surface area (Å²) in [5, 5.41) is 3.18. The van der Waals surface area contributed by atoms with E-state index >= 15 is 0 Å². The minimum atomic E-state index is -0.0716. The monoisotopic (exact) mass is 325 g/mol. The molecule has 0 aliphatic heterocycles. The van der Waals surface area contributed by atoms with E-state index in [2.05, 4.69) is 28.2 Å². The summed E-state index contributed by atoms with van der Waals surface area (Å²) < 4.78 is 5.97. The Balaban J connectivity index is 2.15. The average Bonchev–Trinajstić information content (AvgIpc) is 2.39. The van der Waals surface area contributed by atoms with Crippen molar-refractivity contribution in [1.29, 1.82) is 0 Å². The minimum absolute atomic E-state index is 0.0322. The fourth-order valence-corrected chi connectivity index (χ4v) is 3.03. The summed E-state index contributed by atoms with van der Waals surface area (Å²) in [5.41, 5.74) is 0.559. The van der Waals surface area contributed by atoms with Crippen LogP contribution in [-0.4, -0.2) is 18.6 Å². The number of nitrogens with one attached hydrogen (secondary N) is 1. The molecule has 0 atom stereocenters. The van der Waals surface area contributed by atoms with Crippen molar-refractivity contribution in [3.63, 3.8) is 0 Å². The molecule has 1 N–H and O–H groups in total. The maximum absolute atomic E-state index is 12.4. The summed E-state index contributed by atoms with van der Waals surface area (Å²) in [6.07, 6.45) is 5.76. The number of methoxy groups -OCH3 is 1. The van der Waals surface area contributed by atoms with Gasteiger partial charge >= 0.3 is 0 Å². The van der Waals surface area contributed by atoms with Crippen molar-refractivity contribution >= 4 is 21.8 Å².